The molecule has 1 fully saturated rings. The van der Waals surface area contributed by atoms with Gasteiger partial charge in [-0.3, -0.25) is 0 Å². The van der Waals surface area contributed by atoms with Gasteiger partial charge in [0.05, 0.1) is 35.7 Å². The molecule has 0 bridgehead atoms. The van der Waals surface area contributed by atoms with Gasteiger partial charge < -0.3 is 35.1 Å². The summed E-state index contributed by atoms with van der Waals surface area (Å²) in [5.41, 5.74) is 1.77. The van der Waals surface area contributed by atoms with Crippen molar-refractivity contribution in [2.75, 3.05) is 30.4 Å². The first-order valence-corrected chi connectivity index (χ1v) is 11.5. The first kappa shape index (κ1) is 28.7. The number of rotatable bonds is 8. The summed E-state index contributed by atoms with van der Waals surface area (Å²) < 4.78 is 49.9. The summed E-state index contributed by atoms with van der Waals surface area (Å²) in [4.78, 5) is 12.8. The van der Waals surface area contributed by atoms with Crippen LogP contribution in [0.1, 0.15) is 24.7 Å². The Morgan fingerprint density at radius 2 is 1.84 bits per heavy atom. The minimum Gasteiger partial charge on any atom is -0.478 e. The molecule has 0 unspecified atom stereocenters. The lowest BCUT2D eigenvalue weighted by molar-refractivity contribution is -0.115. The number of alkyl halides is 3. The van der Waals surface area contributed by atoms with E-state index in [2.05, 4.69) is 25.6 Å². The molecule has 0 radical (unpaired) electrons. The van der Waals surface area contributed by atoms with Gasteiger partial charge in [0, 0.05) is 24.0 Å². The maximum Gasteiger partial charge on any atom is 0.405 e. The van der Waals surface area contributed by atoms with Crippen LogP contribution < -0.4 is 15.4 Å². The molecular weight excluding hydrogens is 519 g/mol. The minimum absolute atomic E-state index is 0. The van der Waals surface area contributed by atoms with Gasteiger partial charge in [0.25, 0.3) is 0 Å². The summed E-state index contributed by atoms with van der Waals surface area (Å²) >= 11 is 0. The molecule has 10 nitrogen and oxygen atoms in total. The summed E-state index contributed by atoms with van der Waals surface area (Å²) in [6.07, 6.45) is -6.66. The van der Waals surface area contributed by atoms with Crippen molar-refractivity contribution in [3.05, 3.63) is 23.5 Å². The molecule has 0 aromatic carbocycles. The van der Waals surface area contributed by atoms with Crippen LogP contribution >= 0.6 is 12.4 Å². The summed E-state index contributed by atoms with van der Waals surface area (Å²) in [5.74, 6) is 0.0272. The zero-order valence-electron chi connectivity index (χ0n) is 20.3. The number of halogens is 4. The second kappa shape index (κ2) is 11.3. The van der Waals surface area contributed by atoms with Crippen LogP contribution in [0.15, 0.2) is 16.5 Å². The van der Waals surface area contributed by atoms with Crippen LogP contribution in [-0.2, 0) is 0 Å². The Morgan fingerprint density at radius 1 is 1.11 bits per heavy atom. The number of aliphatic hydroxyl groups excluding tert-OH is 3. The molecule has 0 spiro atoms. The normalized spacial score (nSPS) is 21.6. The summed E-state index contributed by atoms with van der Waals surface area (Å²) in [6, 6.07) is 2.71. The van der Waals surface area contributed by atoms with Crippen LogP contribution in [0.3, 0.4) is 0 Å². The van der Waals surface area contributed by atoms with Crippen LogP contribution in [0.5, 0.6) is 5.88 Å². The fourth-order valence-electron chi connectivity index (χ4n) is 4.38. The van der Waals surface area contributed by atoms with Crippen molar-refractivity contribution in [3.8, 4) is 17.2 Å². The van der Waals surface area contributed by atoms with Gasteiger partial charge in [-0.25, -0.2) is 9.97 Å². The number of anilines is 2. The van der Waals surface area contributed by atoms with Crippen LogP contribution in [0.2, 0.25) is 0 Å². The number of aromatic nitrogens is 3. The highest BCUT2D eigenvalue weighted by Gasteiger charge is 2.41. The summed E-state index contributed by atoms with van der Waals surface area (Å²) in [7, 11) is 0. The molecule has 0 aliphatic heterocycles. The number of fused-ring (bicyclic) bond motifs is 1. The van der Waals surface area contributed by atoms with Gasteiger partial charge in [-0.1, -0.05) is 0 Å². The largest absolute Gasteiger partial charge is 0.478 e. The lowest BCUT2D eigenvalue weighted by Gasteiger charge is -2.21. The quantitative estimate of drug-likeness (QED) is 0.285. The Labute approximate surface area is 216 Å². The first-order valence-electron chi connectivity index (χ1n) is 11.5. The van der Waals surface area contributed by atoms with Gasteiger partial charge in [0.1, 0.15) is 24.2 Å². The van der Waals surface area contributed by atoms with E-state index in [-0.39, 0.29) is 37.2 Å². The SMILES string of the molecule is CCOc1cc2cc(-c3c(C)nc(NCC(F)(F)F)nc3N[C@@H]3C[C@H](CO)[C@@H](O)[C@H]3O)oc2c(C)n1.Cl. The molecule has 3 aromatic rings. The number of hydrogen-bond acceptors (Lipinski definition) is 10. The topological polar surface area (TPSA) is 146 Å². The Balaban J connectivity index is 0.00000380. The molecule has 3 aromatic heterocycles. The van der Waals surface area contributed by atoms with Crippen LogP contribution in [0, 0.1) is 19.8 Å². The molecule has 0 amide bonds. The predicted molar refractivity (Wildman–Crippen MR) is 132 cm³/mol. The molecule has 37 heavy (non-hydrogen) atoms. The fourth-order valence-corrected chi connectivity index (χ4v) is 4.38. The number of pyridine rings is 1. The monoisotopic (exact) mass is 547 g/mol. The van der Waals surface area contributed by atoms with E-state index < -0.39 is 36.9 Å². The minimum atomic E-state index is -4.48. The predicted octanol–water partition coefficient (Wildman–Crippen LogP) is 3.21. The number of ether oxygens (including phenoxy) is 1. The zero-order valence-corrected chi connectivity index (χ0v) is 21.2. The zero-order chi connectivity index (χ0) is 26.2. The number of aliphatic hydroxyl groups is 3. The number of furan rings is 1. The molecule has 3 heterocycles. The van der Waals surface area contributed by atoms with Crippen molar-refractivity contribution in [2.24, 2.45) is 5.92 Å². The van der Waals surface area contributed by atoms with Crippen molar-refractivity contribution in [3.63, 3.8) is 0 Å². The highest BCUT2D eigenvalue weighted by molar-refractivity contribution is 5.88. The average Bonchev–Trinajstić information content (AvgIpc) is 3.34. The second-order valence-corrected chi connectivity index (χ2v) is 8.74. The van der Waals surface area contributed by atoms with E-state index in [1.165, 1.54) is 0 Å². The lowest BCUT2D eigenvalue weighted by atomic mass is 10.1. The number of nitrogens with zero attached hydrogens (tertiary/aromatic N) is 3. The van der Waals surface area contributed by atoms with Gasteiger partial charge >= 0.3 is 6.18 Å². The van der Waals surface area contributed by atoms with Gasteiger partial charge in [-0.2, -0.15) is 18.2 Å². The van der Waals surface area contributed by atoms with E-state index >= 15 is 0 Å². The molecule has 14 heteroatoms. The maximum absolute atomic E-state index is 12.8. The molecular formula is C23H29ClF3N5O5. The standard InChI is InChI=1S/C23H28F3N5O5.ClH/c1-4-35-16-7-12-6-15(36-20(12)11(3)28-16)17-10(2)29-22(27-9-23(24,25)26)31-21(17)30-14-5-13(8-32)18(33)19(14)34;/h6-7,13-14,18-19,32-34H,4-5,8-9H2,1-3H3,(H2,27,29,30,31);1H/t13-,14-,18-,19+;/m1./s1. The third kappa shape index (κ3) is 6.17. The van der Waals surface area contributed by atoms with E-state index in [4.69, 9.17) is 9.15 Å². The number of hydrogen-bond donors (Lipinski definition) is 5. The average molecular weight is 548 g/mol. The first-order chi connectivity index (χ1) is 17.0. The van der Waals surface area contributed by atoms with Gasteiger partial charge in [-0.05, 0) is 33.3 Å². The second-order valence-electron chi connectivity index (χ2n) is 8.74. The molecule has 204 valence electrons. The van der Waals surface area contributed by atoms with E-state index in [1.54, 1.807) is 26.0 Å². The molecule has 1 saturated carbocycles. The molecule has 1 aliphatic carbocycles. The molecule has 0 saturated heterocycles. The number of aryl methyl sites for hydroxylation is 2. The van der Waals surface area contributed by atoms with Crippen molar-refractivity contribution >= 4 is 35.1 Å². The van der Waals surface area contributed by atoms with Gasteiger partial charge in [0.15, 0.2) is 5.58 Å². The maximum atomic E-state index is 12.8. The van der Waals surface area contributed by atoms with E-state index in [9.17, 15) is 28.5 Å². The Morgan fingerprint density at radius 3 is 2.46 bits per heavy atom. The highest BCUT2D eigenvalue weighted by Crippen LogP contribution is 2.38. The van der Waals surface area contributed by atoms with E-state index in [0.717, 1.165) is 0 Å². The molecule has 1 aliphatic rings. The third-order valence-corrected chi connectivity index (χ3v) is 6.08. The van der Waals surface area contributed by atoms with Crippen molar-refractivity contribution in [1.29, 1.82) is 0 Å². The molecule has 4 rings (SSSR count). The molecule has 4 atom stereocenters. The Bertz CT molecular complexity index is 1240. The van der Waals surface area contributed by atoms with Gasteiger partial charge in [-0.15, -0.1) is 12.4 Å². The van der Waals surface area contributed by atoms with Crippen molar-refractivity contribution < 1.29 is 37.6 Å². The summed E-state index contributed by atoms with van der Waals surface area (Å²) in [6.45, 7) is 3.96. The van der Waals surface area contributed by atoms with Crippen LogP contribution in [-0.4, -0.2) is 74.5 Å². The molecule has 5 N–H and O–H groups in total. The summed E-state index contributed by atoms with van der Waals surface area (Å²) in [5, 5.41) is 36.1. The fraction of sp³-hybridized carbons (Fsp3) is 0.522. The van der Waals surface area contributed by atoms with Crippen molar-refractivity contribution in [1.82, 2.24) is 15.0 Å². The van der Waals surface area contributed by atoms with Crippen LogP contribution in [0.4, 0.5) is 24.9 Å². The van der Waals surface area contributed by atoms with Crippen molar-refractivity contribution in [2.45, 2.75) is 51.6 Å². The van der Waals surface area contributed by atoms with Gasteiger partial charge in [0.2, 0.25) is 11.8 Å². The lowest BCUT2D eigenvalue weighted by Crippen LogP contribution is -2.36. The highest BCUT2D eigenvalue weighted by atomic mass is 35.5. The smallest absolute Gasteiger partial charge is 0.405 e. The Kier molecular flexibility index (Phi) is 8.73. The van der Waals surface area contributed by atoms with E-state index in [1.807, 2.05) is 6.92 Å². The van der Waals surface area contributed by atoms with Crippen LogP contribution in [0.25, 0.3) is 22.3 Å². The Hall–Kier alpha value is -2.87. The third-order valence-electron chi connectivity index (χ3n) is 6.08. The van der Waals surface area contributed by atoms with E-state index in [0.29, 0.717) is 46.2 Å². The number of nitrogens with one attached hydrogen (secondary N) is 2.